The maximum absolute atomic E-state index is 12.1. The van der Waals surface area contributed by atoms with Gasteiger partial charge >= 0.3 is 12.5 Å². The van der Waals surface area contributed by atoms with Crippen LogP contribution >= 0.6 is 0 Å². The van der Waals surface area contributed by atoms with Crippen molar-refractivity contribution in [3.05, 3.63) is 12.4 Å². The Hall–Kier alpha value is -2.26. The van der Waals surface area contributed by atoms with E-state index >= 15 is 0 Å². The first kappa shape index (κ1) is 19.1. The number of alkyl halides is 3. The molecule has 0 radical (unpaired) electrons. The van der Waals surface area contributed by atoms with Crippen LogP contribution in [0.4, 0.5) is 23.8 Å². The Bertz CT molecular complexity index is 587. The van der Waals surface area contributed by atoms with Gasteiger partial charge < -0.3 is 20.1 Å². The molecule has 0 bridgehead atoms. The lowest BCUT2D eigenvalue weighted by molar-refractivity contribution is -0.276. The van der Waals surface area contributed by atoms with Gasteiger partial charge in [0.15, 0.2) is 0 Å². The second-order valence-electron chi connectivity index (χ2n) is 6.79. The van der Waals surface area contributed by atoms with Crippen molar-refractivity contribution in [3.8, 4) is 5.88 Å². The summed E-state index contributed by atoms with van der Waals surface area (Å²) in [6.07, 6.45) is -0.983. The van der Waals surface area contributed by atoms with E-state index in [1.54, 1.807) is 20.8 Å². The van der Waals surface area contributed by atoms with E-state index in [1.807, 2.05) is 0 Å². The molecule has 10 heteroatoms. The molecule has 1 aliphatic rings. The minimum Gasteiger partial charge on any atom is -0.444 e. The van der Waals surface area contributed by atoms with Gasteiger partial charge in [0.25, 0.3) is 0 Å². The highest BCUT2D eigenvalue weighted by Gasteiger charge is 2.32. The number of rotatable bonds is 4. The quantitative estimate of drug-likeness (QED) is 0.855. The summed E-state index contributed by atoms with van der Waals surface area (Å²) in [5, 5.41) is 5.88. The molecule has 0 spiro atoms. The van der Waals surface area contributed by atoms with E-state index in [1.165, 1.54) is 6.20 Å². The molecular formula is C15H21F3N4O3. The predicted octanol–water partition coefficient (Wildman–Crippen LogP) is 3.23. The lowest BCUT2D eigenvalue weighted by atomic mass is 10.2. The van der Waals surface area contributed by atoms with Gasteiger partial charge in [-0.3, -0.25) is 0 Å². The minimum absolute atomic E-state index is 0.0311. The fourth-order valence-electron chi connectivity index (χ4n) is 2.49. The van der Waals surface area contributed by atoms with Crippen LogP contribution in [0.3, 0.4) is 0 Å². The number of carbonyl (C=O) groups is 1. The van der Waals surface area contributed by atoms with E-state index in [9.17, 15) is 18.0 Å². The van der Waals surface area contributed by atoms with Gasteiger partial charge in [-0.1, -0.05) is 0 Å². The molecule has 0 unspecified atom stereocenters. The smallest absolute Gasteiger partial charge is 0.444 e. The highest BCUT2D eigenvalue weighted by molar-refractivity contribution is 5.68. The van der Waals surface area contributed by atoms with Crippen molar-refractivity contribution < 1.29 is 27.4 Å². The van der Waals surface area contributed by atoms with Crippen LogP contribution in [0.25, 0.3) is 0 Å². The summed E-state index contributed by atoms with van der Waals surface area (Å²) < 4.78 is 45.1. The molecule has 2 atom stereocenters. The Morgan fingerprint density at radius 2 is 1.84 bits per heavy atom. The fraction of sp³-hybridized carbons (Fsp3) is 0.667. The number of amides is 1. The maximum Gasteiger partial charge on any atom is 0.574 e. The Morgan fingerprint density at radius 3 is 2.40 bits per heavy atom. The minimum atomic E-state index is -4.80. The van der Waals surface area contributed by atoms with Gasteiger partial charge in [-0.05, 0) is 40.0 Å². The first-order chi connectivity index (χ1) is 11.5. The number of aromatic nitrogens is 2. The van der Waals surface area contributed by atoms with Crippen LogP contribution in [0.5, 0.6) is 5.88 Å². The van der Waals surface area contributed by atoms with Crippen LogP contribution in [-0.4, -0.2) is 40.1 Å². The van der Waals surface area contributed by atoms with Crippen molar-refractivity contribution in [1.29, 1.82) is 0 Å². The van der Waals surface area contributed by atoms with Crippen molar-refractivity contribution in [2.24, 2.45) is 0 Å². The number of anilines is 1. The summed E-state index contributed by atoms with van der Waals surface area (Å²) in [4.78, 5) is 19.2. The number of carbonyl (C=O) groups excluding carboxylic acids is 1. The van der Waals surface area contributed by atoms with E-state index in [4.69, 9.17) is 4.74 Å². The first-order valence-electron chi connectivity index (χ1n) is 7.84. The van der Waals surface area contributed by atoms with Crippen molar-refractivity contribution >= 4 is 11.9 Å². The zero-order valence-corrected chi connectivity index (χ0v) is 14.2. The van der Waals surface area contributed by atoms with E-state index in [2.05, 4.69) is 25.3 Å². The molecule has 1 fully saturated rings. The van der Waals surface area contributed by atoms with Crippen LogP contribution in [0.2, 0.25) is 0 Å². The molecule has 1 aromatic rings. The molecule has 7 nitrogen and oxygen atoms in total. The zero-order valence-electron chi connectivity index (χ0n) is 14.2. The molecule has 0 saturated heterocycles. The molecule has 1 amide bonds. The molecule has 1 saturated carbocycles. The van der Waals surface area contributed by atoms with Crippen molar-refractivity contribution in [2.45, 2.75) is 64.1 Å². The average Bonchev–Trinajstić information content (AvgIpc) is 2.84. The summed E-state index contributed by atoms with van der Waals surface area (Å²) in [5.41, 5.74) is -0.559. The van der Waals surface area contributed by atoms with E-state index in [-0.39, 0.29) is 12.1 Å². The molecule has 0 aromatic carbocycles. The monoisotopic (exact) mass is 362 g/mol. The molecule has 1 heterocycles. The van der Waals surface area contributed by atoms with Crippen molar-refractivity contribution in [3.63, 3.8) is 0 Å². The van der Waals surface area contributed by atoms with E-state index in [0.29, 0.717) is 12.2 Å². The van der Waals surface area contributed by atoms with Gasteiger partial charge in [-0.15, -0.1) is 13.2 Å². The number of hydrogen-bond acceptors (Lipinski definition) is 6. The predicted molar refractivity (Wildman–Crippen MR) is 83.1 cm³/mol. The van der Waals surface area contributed by atoms with Crippen molar-refractivity contribution in [2.75, 3.05) is 5.32 Å². The number of nitrogens with zero attached hydrogens (tertiary/aromatic N) is 2. The highest BCUT2D eigenvalue weighted by Crippen LogP contribution is 2.24. The second kappa shape index (κ2) is 7.32. The zero-order chi connectivity index (χ0) is 18.7. The lowest BCUT2D eigenvalue weighted by Crippen LogP contribution is -2.38. The molecule has 140 valence electrons. The van der Waals surface area contributed by atoms with E-state index < -0.39 is 23.9 Å². The van der Waals surface area contributed by atoms with Crippen LogP contribution in [0.1, 0.15) is 40.0 Å². The largest absolute Gasteiger partial charge is 0.574 e. The fourth-order valence-corrected chi connectivity index (χ4v) is 2.49. The van der Waals surface area contributed by atoms with Gasteiger partial charge in [0.1, 0.15) is 11.4 Å². The third-order valence-corrected chi connectivity index (χ3v) is 3.35. The van der Waals surface area contributed by atoms with Gasteiger partial charge in [-0.2, -0.15) is 0 Å². The molecule has 25 heavy (non-hydrogen) atoms. The molecular weight excluding hydrogens is 341 g/mol. The number of halogens is 3. The normalized spacial score (nSPS) is 20.9. The summed E-state index contributed by atoms with van der Waals surface area (Å²) in [6.45, 7) is 5.36. The van der Waals surface area contributed by atoms with Crippen LogP contribution < -0.4 is 15.4 Å². The molecule has 1 aliphatic carbocycles. The third-order valence-electron chi connectivity index (χ3n) is 3.35. The Kier molecular flexibility index (Phi) is 5.58. The summed E-state index contributed by atoms with van der Waals surface area (Å²) in [5.74, 6) is -0.272. The topological polar surface area (TPSA) is 85.4 Å². The van der Waals surface area contributed by atoms with Gasteiger partial charge in [0.2, 0.25) is 5.88 Å². The van der Waals surface area contributed by atoms with E-state index in [0.717, 1.165) is 19.0 Å². The molecule has 2 N–H and O–H groups in total. The Labute approximate surface area is 143 Å². The summed E-state index contributed by atoms with van der Waals surface area (Å²) in [6, 6.07) is -0.00299. The van der Waals surface area contributed by atoms with Crippen LogP contribution in [0.15, 0.2) is 12.4 Å². The number of ether oxygens (including phenoxy) is 2. The second-order valence-corrected chi connectivity index (χ2v) is 6.79. The number of hydrogen-bond donors (Lipinski definition) is 2. The summed E-state index contributed by atoms with van der Waals surface area (Å²) in [7, 11) is 0. The Balaban J connectivity index is 1.80. The molecule has 2 rings (SSSR count). The van der Waals surface area contributed by atoms with Gasteiger partial charge in [-0.25, -0.2) is 14.8 Å². The number of nitrogens with one attached hydrogen (secondary N) is 2. The van der Waals surface area contributed by atoms with Crippen molar-refractivity contribution in [1.82, 2.24) is 15.3 Å². The van der Waals surface area contributed by atoms with Gasteiger partial charge in [0, 0.05) is 12.1 Å². The Morgan fingerprint density at radius 1 is 1.16 bits per heavy atom. The first-order valence-corrected chi connectivity index (χ1v) is 7.84. The van der Waals surface area contributed by atoms with Crippen LogP contribution in [0, 0.1) is 0 Å². The standard InChI is InChI=1S/C15H21F3N4O3/c1-14(2,3)25-13(23)22-10-5-4-9(6-10)21-11-7-20-12(8-19-11)24-15(16,17)18/h7-10H,4-6H2,1-3H3,(H,19,21)(H,22,23)/t9-,10-/m0/s1. The molecule has 0 aliphatic heterocycles. The SMILES string of the molecule is CC(C)(C)OC(=O)N[C@H]1CC[C@H](Nc2cnc(OC(F)(F)F)cn2)C1. The van der Waals surface area contributed by atoms with Crippen LogP contribution in [-0.2, 0) is 4.74 Å². The third kappa shape index (κ3) is 7.02. The lowest BCUT2D eigenvalue weighted by Gasteiger charge is -2.21. The summed E-state index contributed by atoms with van der Waals surface area (Å²) >= 11 is 0. The molecule has 1 aromatic heterocycles. The highest BCUT2D eigenvalue weighted by atomic mass is 19.4. The average molecular weight is 362 g/mol. The number of alkyl carbamates (subject to hydrolysis) is 1. The maximum atomic E-state index is 12.1. The van der Waals surface area contributed by atoms with Gasteiger partial charge in [0.05, 0.1) is 12.4 Å².